The van der Waals surface area contributed by atoms with Crippen molar-refractivity contribution in [3.8, 4) is 0 Å². The molecule has 2 atom stereocenters. The second-order valence-corrected chi connectivity index (χ2v) is 5.14. The Balaban J connectivity index is 2.23. The van der Waals surface area contributed by atoms with Gasteiger partial charge in [0.1, 0.15) is 0 Å². The van der Waals surface area contributed by atoms with Gasteiger partial charge in [-0.2, -0.15) is 0 Å². The van der Waals surface area contributed by atoms with Gasteiger partial charge in [-0.15, -0.1) is 0 Å². The number of halogens is 1. The molecule has 0 spiro atoms. The first-order valence-corrected chi connectivity index (χ1v) is 6.17. The molecule has 16 heavy (non-hydrogen) atoms. The smallest absolute Gasteiger partial charge is 0.152 e. The Morgan fingerprint density at radius 3 is 2.62 bits per heavy atom. The van der Waals surface area contributed by atoms with Gasteiger partial charge in [0, 0.05) is 23.8 Å². The van der Waals surface area contributed by atoms with Gasteiger partial charge >= 0.3 is 0 Å². The molecule has 4 nitrogen and oxygen atoms in total. The van der Waals surface area contributed by atoms with E-state index in [-0.39, 0.29) is 12.2 Å². The van der Waals surface area contributed by atoms with E-state index in [1.165, 1.54) is 0 Å². The molecule has 1 aromatic heterocycles. The van der Waals surface area contributed by atoms with E-state index in [1.807, 2.05) is 6.07 Å². The molecule has 0 bridgehead atoms. The summed E-state index contributed by atoms with van der Waals surface area (Å²) in [5.41, 5.74) is 6.67. The van der Waals surface area contributed by atoms with E-state index in [2.05, 4.69) is 39.7 Å². The summed E-state index contributed by atoms with van der Waals surface area (Å²) in [6.45, 7) is 5.81. The zero-order chi connectivity index (χ0) is 11.7. The van der Waals surface area contributed by atoms with E-state index in [9.17, 15) is 0 Å². The third-order valence-electron chi connectivity index (χ3n) is 2.58. The van der Waals surface area contributed by atoms with Crippen LogP contribution in [0.5, 0.6) is 0 Å². The van der Waals surface area contributed by atoms with E-state index >= 15 is 0 Å². The third kappa shape index (κ3) is 2.47. The summed E-state index contributed by atoms with van der Waals surface area (Å²) in [5, 5.41) is 0. The van der Waals surface area contributed by atoms with Gasteiger partial charge in [0.15, 0.2) is 5.82 Å². The average molecular weight is 286 g/mol. The van der Waals surface area contributed by atoms with Crippen molar-refractivity contribution in [2.45, 2.75) is 26.1 Å². The number of ether oxygens (including phenoxy) is 1. The number of nitrogens with zero attached hydrogens (tertiary/aromatic N) is 2. The van der Waals surface area contributed by atoms with Crippen LogP contribution in [0.15, 0.2) is 16.7 Å². The predicted molar refractivity (Wildman–Crippen MR) is 68.6 cm³/mol. The quantitative estimate of drug-likeness (QED) is 0.858. The van der Waals surface area contributed by atoms with Crippen molar-refractivity contribution in [2.75, 3.05) is 23.7 Å². The van der Waals surface area contributed by atoms with E-state index in [4.69, 9.17) is 10.5 Å². The molecule has 1 fully saturated rings. The van der Waals surface area contributed by atoms with Crippen LogP contribution in [0.2, 0.25) is 0 Å². The Kier molecular flexibility index (Phi) is 3.35. The number of nitrogen functional groups attached to an aromatic ring is 1. The fourth-order valence-electron chi connectivity index (χ4n) is 2.06. The number of rotatable bonds is 1. The first-order valence-electron chi connectivity index (χ1n) is 5.37. The van der Waals surface area contributed by atoms with Crippen molar-refractivity contribution < 1.29 is 4.74 Å². The largest absolute Gasteiger partial charge is 0.396 e. The van der Waals surface area contributed by atoms with Crippen molar-refractivity contribution >= 4 is 27.4 Å². The molecule has 0 radical (unpaired) electrons. The summed E-state index contributed by atoms with van der Waals surface area (Å²) in [4.78, 5) is 6.55. The van der Waals surface area contributed by atoms with Crippen molar-refractivity contribution in [3.05, 3.63) is 16.7 Å². The van der Waals surface area contributed by atoms with E-state index in [1.54, 1.807) is 6.20 Å². The summed E-state index contributed by atoms with van der Waals surface area (Å²) in [5.74, 6) is 0.852. The van der Waals surface area contributed by atoms with Crippen molar-refractivity contribution in [1.29, 1.82) is 0 Å². The minimum absolute atomic E-state index is 0.216. The zero-order valence-electron chi connectivity index (χ0n) is 9.48. The SMILES string of the molecule is CC1CN(c2ncc(Br)cc2N)CC(C)O1. The maximum absolute atomic E-state index is 5.97. The summed E-state index contributed by atoms with van der Waals surface area (Å²) >= 11 is 3.36. The number of anilines is 2. The number of aromatic nitrogens is 1. The number of nitrogens with two attached hydrogens (primary N) is 1. The first kappa shape index (κ1) is 11.7. The molecule has 2 N–H and O–H groups in total. The van der Waals surface area contributed by atoms with Crippen LogP contribution in [0.1, 0.15) is 13.8 Å². The van der Waals surface area contributed by atoms with Crippen molar-refractivity contribution in [2.24, 2.45) is 0 Å². The number of morpholine rings is 1. The van der Waals surface area contributed by atoms with Crippen LogP contribution in [0.3, 0.4) is 0 Å². The standard InChI is InChI=1S/C11H16BrN3O/c1-7-5-15(6-8(2)16-7)11-10(13)3-9(12)4-14-11/h3-4,7-8H,5-6,13H2,1-2H3. The molecule has 1 aromatic rings. The number of hydrogen-bond donors (Lipinski definition) is 1. The highest BCUT2D eigenvalue weighted by atomic mass is 79.9. The van der Waals surface area contributed by atoms with Crippen LogP contribution in [0.4, 0.5) is 11.5 Å². The molecule has 0 aromatic carbocycles. The molecule has 1 saturated heterocycles. The molecule has 2 heterocycles. The van der Waals surface area contributed by atoms with Crippen LogP contribution in [-0.4, -0.2) is 30.3 Å². The van der Waals surface area contributed by atoms with Gasteiger partial charge < -0.3 is 15.4 Å². The van der Waals surface area contributed by atoms with Crippen LogP contribution >= 0.6 is 15.9 Å². The molecule has 0 saturated carbocycles. The lowest BCUT2D eigenvalue weighted by molar-refractivity contribution is -0.00540. The second-order valence-electron chi connectivity index (χ2n) is 4.23. The minimum atomic E-state index is 0.216. The number of hydrogen-bond acceptors (Lipinski definition) is 4. The molecule has 2 unspecified atom stereocenters. The predicted octanol–water partition coefficient (Wildman–Crippen LogP) is 2.04. The van der Waals surface area contributed by atoms with Crippen LogP contribution in [-0.2, 0) is 4.74 Å². The monoisotopic (exact) mass is 285 g/mol. The molecule has 5 heteroatoms. The highest BCUT2D eigenvalue weighted by molar-refractivity contribution is 9.10. The van der Waals surface area contributed by atoms with Crippen LogP contribution < -0.4 is 10.6 Å². The first-order chi connectivity index (χ1) is 7.56. The Hall–Kier alpha value is -0.810. The van der Waals surface area contributed by atoms with Crippen LogP contribution in [0, 0.1) is 0 Å². The average Bonchev–Trinajstić information content (AvgIpc) is 2.15. The maximum Gasteiger partial charge on any atom is 0.152 e. The normalized spacial score (nSPS) is 25.8. The lowest BCUT2D eigenvalue weighted by Crippen LogP contribution is -2.46. The van der Waals surface area contributed by atoms with Gasteiger partial charge in [-0.05, 0) is 35.8 Å². The maximum atomic E-state index is 5.97. The Bertz CT molecular complexity index is 375. The van der Waals surface area contributed by atoms with E-state index < -0.39 is 0 Å². The Morgan fingerprint density at radius 2 is 2.06 bits per heavy atom. The molecule has 1 aliphatic rings. The fraction of sp³-hybridized carbons (Fsp3) is 0.545. The topological polar surface area (TPSA) is 51.4 Å². The molecule has 1 aliphatic heterocycles. The summed E-state index contributed by atoms with van der Waals surface area (Å²) in [7, 11) is 0. The summed E-state index contributed by atoms with van der Waals surface area (Å²) in [6.07, 6.45) is 2.21. The zero-order valence-corrected chi connectivity index (χ0v) is 11.1. The van der Waals surface area contributed by atoms with E-state index in [0.29, 0.717) is 5.69 Å². The molecule has 88 valence electrons. The molecule has 0 aliphatic carbocycles. The lowest BCUT2D eigenvalue weighted by Gasteiger charge is -2.36. The highest BCUT2D eigenvalue weighted by Crippen LogP contribution is 2.26. The van der Waals surface area contributed by atoms with Gasteiger partial charge in [0.2, 0.25) is 0 Å². The third-order valence-corrected chi connectivity index (χ3v) is 3.01. The van der Waals surface area contributed by atoms with Crippen molar-refractivity contribution in [1.82, 2.24) is 4.98 Å². The fourth-order valence-corrected chi connectivity index (χ4v) is 2.41. The van der Waals surface area contributed by atoms with Gasteiger partial charge in [-0.1, -0.05) is 0 Å². The van der Waals surface area contributed by atoms with E-state index in [0.717, 1.165) is 23.4 Å². The van der Waals surface area contributed by atoms with Gasteiger partial charge in [-0.25, -0.2) is 4.98 Å². The second kappa shape index (κ2) is 4.59. The minimum Gasteiger partial charge on any atom is -0.396 e. The van der Waals surface area contributed by atoms with Gasteiger partial charge in [0.05, 0.1) is 17.9 Å². The lowest BCUT2D eigenvalue weighted by atomic mass is 10.2. The van der Waals surface area contributed by atoms with Crippen molar-refractivity contribution in [3.63, 3.8) is 0 Å². The van der Waals surface area contributed by atoms with Gasteiger partial charge in [-0.3, -0.25) is 0 Å². The molecular weight excluding hydrogens is 270 g/mol. The Labute approximate surface area is 104 Å². The molecule has 2 rings (SSSR count). The highest BCUT2D eigenvalue weighted by Gasteiger charge is 2.24. The number of pyridine rings is 1. The van der Waals surface area contributed by atoms with Crippen LogP contribution in [0.25, 0.3) is 0 Å². The Morgan fingerprint density at radius 1 is 1.44 bits per heavy atom. The molecule has 0 amide bonds. The summed E-state index contributed by atoms with van der Waals surface area (Å²) < 4.78 is 6.59. The summed E-state index contributed by atoms with van der Waals surface area (Å²) in [6, 6.07) is 1.88. The van der Waals surface area contributed by atoms with Gasteiger partial charge in [0.25, 0.3) is 0 Å². The molecular formula is C11H16BrN3O.